The van der Waals surface area contributed by atoms with Crippen molar-refractivity contribution in [2.45, 2.75) is 13.2 Å². The van der Waals surface area contributed by atoms with Gasteiger partial charge in [0.05, 0.1) is 5.56 Å². The molecule has 1 saturated heterocycles. The number of ether oxygens (including phenoxy) is 1. The van der Waals surface area contributed by atoms with E-state index in [0.29, 0.717) is 17.8 Å². The second-order valence-corrected chi connectivity index (χ2v) is 7.70. The predicted octanol–water partition coefficient (Wildman–Crippen LogP) is 3.17. The summed E-state index contributed by atoms with van der Waals surface area (Å²) in [5.74, 6) is -0.144. The van der Waals surface area contributed by atoms with E-state index < -0.39 is 6.09 Å². The van der Waals surface area contributed by atoms with Crippen molar-refractivity contribution in [3.8, 4) is 0 Å². The molecule has 2 heterocycles. The van der Waals surface area contributed by atoms with Crippen molar-refractivity contribution in [2.75, 3.05) is 36.4 Å². The first-order valence-electron chi connectivity index (χ1n) is 10.9. The van der Waals surface area contributed by atoms with Crippen molar-refractivity contribution in [3.05, 3.63) is 89.7 Å². The molecule has 33 heavy (non-hydrogen) atoms. The fraction of sp³-hybridized carbons (Fsp3) is 0.240. The van der Waals surface area contributed by atoms with Crippen molar-refractivity contribution < 1.29 is 14.3 Å². The Morgan fingerprint density at radius 3 is 2.52 bits per heavy atom. The molecule has 1 aliphatic rings. The van der Waals surface area contributed by atoms with Crippen molar-refractivity contribution in [2.24, 2.45) is 0 Å². The minimum Gasteiger partial charge on any atom is -0.445 e. The molecule has 0 radical (unpaired) electrons. The topological polar surface area (TPSA) is 95.6 Å². The summed E-state index contributed by atoms with van der Waals surface area (Å²) in [6.45, 7) is 4.05. The number of pyridine rings is 1. The fourth-order valence-corrected chi connectivity index (χ4v) is 3.61. The molecular formula is C25H27N5O3. The van der Waals surface area contributed by atoms with E-state index in [0.717, 1.165) is 43.0 Å². The predicted molar refractivity (Wildman–Crippen MR) is 127 cm³/mol. The van der Waals surface area contributed by atoms with Crippen LogP contribution in [0.4, 0.5) is 16.2 Å². The molecule has 4 rings (SSSR count). The summed E-state index contributed by atoms with van der Waals surface area (Å²) in [4.78, 5) is 31.1. The van der Waals surface area contributed by atoms with Crippen molar-refractivity contribution in [3.63, 3.8) is 0 Å². The number of nitrogens with zero attached hydrogens (tertiary/aromatic N) is 2. The molecule has 1 fully saturated rings. The number of carbonyl (C=O) groups excluding carboxylic acids is 2. The quantitative estimate of drug-likeness (QED) is 0.517. The van der Waals surface area contributed by atoms with Gasteiger partial charge in [-0.3, -0.25) is 9.78 Å². The van der Waals surface area contributed by atoms with E-state index in [-0.39, 0.29) is 12.5 Å². The lowest BCUT2D eigenvalue weighted by Crippen LogP contribution is -2.44. The Morgan fingerprint density at radius 1 is 0.970 bits per heavy atom. The highest BCUT2D eigenvalue weighted by Crippen LogP contribution is 2.22. The second kappa shape index (κ2) is 11.1. The molecule has 3 N–H and O–H groups in total. The van der Waals surface area contributed by atoms with E-state index >= 15 is 0 Å². The Balaban J connectivity index is 1.29. The molecule has 0 unspecified atom stereocenters. The zero-order valence-corrected chi connectivity index (χ0v) is 18.3. The highest BCUT2D eigenvalue weighted by molar-refractivity contribution is 6.08. The van der Waals surface area contributed by atoms with Crippen LogP contribution in [0, 0.1) is 0 Å². The van der Waals surface area contributed by atoms with Gasteiger partial charge >= 0.3 is 6.09 Å². The van der Waals surface area contributed by atoms with Crippen LogP contribution >= 0.6 is 0 Å². The molecule has 0 bridgehead atoms. The molecule has 8 heteroatoms. The molecule has 0 spiro atoms. The van der Waals surface area contributed by atoms with Gasteiger partial charge in [-0.25, -0.2) is 4.79 Å². The third kappa shape index (κ3) is 6.30. The van der Waals surface area contributed by atoms with Crippen molar-refractivity contribution in [1.82, 2.24) is 15.6 Å². The monoisotopic (exact) mass is 445 g/mol. The van der Waals surface area contributed by atoms with Crippen LogP contribution in [0.15, 0.2) is 73.1 Å². The van der Waals surface area contributed by atoms with E-state index in [2.05, 4.69) is 25.8 Å². The lowest BCUT2D eigenvalue weighted by molar-refractivity contribution is 0.102. The van der Waals surface area contributed by atoms with Gasteiger partial charge in [-0.2, -0.15) is 0 Å². The summed E-state index contributed by atoms with van der Waals surface area (Å²) >= 11 is 0. The number of piperazine rings is 1. The Bertz CT molecular complexity index is 1070. The molecule has 2 aromatic carbocycles. The molecule has 3 aromatic rings. The van der Waals surface area contributed by atoms with E-state index in [9.17, 15) is 9.59 Å². The number of rotatable bonds is 7. The number of alkyl carbamates (subject to hydrolysis) is 1. The van der Waals surface area contributed by atoms with Crippen LogP contribution in [-0.4, -0.2) is 43.2 Å². The van der Waals surface area contributed by atoms with Gasteiger partial charge in [0.25, 0.3) is 5.91 Å². The molecule has 1 aliphatic heterocycles. The number of hydrogen-bond acceptors (Lipinski definition) is 6. The summed E-state index contributed by atoms with van der Waals surface area (Å²) in [6, 6.07) is 18.7. The highest BCUT2D eigenvalue weighted by Gasteiger charge is 2.18. The fourth-order valence-electron chi connectivity index (χ4n) is 3.61. The van der Waals surface area contributed by atoms with E-state index in [1.807, 2.05) is 54.6 Å². The molecule has 8 nitrogen and oxygen atoms in total. The minimum absolute atomic E-state index is 0.144. The zero-order chi connectivity index (χ0) is 22.9. The molecule has 0 saturated carbocycles. The van der Waals surface area contributed by atoms with Crippen LogP contribution in [0.3, 0.4) is 0 Å². The van der Waals surface area contributed by atoms with Crippen LogP contribution in [0.1, 0.15) is 21.5 Å². The lowest BCUT2D eigenvalue weighted by atomic mass is 10.1. The highest BCUT2D eigenvalue weighted by atomic mass is 16.5. The van der Waals surface area contributed by atoms with Crippen LogP contribution in [-0.2, 0) is 17.9 Å². The normalized spacial score (nSPS) is 13.3. The van der Waals surface area contributed by atoms with Gasteiger partial charge in [-0.1, -0.05) is 30.3 Å². The maximum Gasteiger partial charge on any atom is 0.407 e. The number of amides is 2. The third-order valence-corrected chi connectivity index (χ3v) is 5.35. The number of aromatic nitrogens is 1. The molecule has 0 atom stereocenters. The summed E-state index contributed by atoms with van der Waals surface area (Å²) in [6.07, 6.45) is 2.82. The first kappa shape index (κ1) is 22.3. The van der Waals surface area contributed by atoms with Crippen molar-refractivity contribution >= 4 is 23.4 Å². The standard InChI is InChI=1S/C25H27N5O3/c31-24(22-5-1-2-6-23(22)30-14-12-26-13-15-30)29-21-9-7-19(8-10-21)17-28-25(32)33-18-20-4-3-11-27-16-20/h1-11,16,26H,12-15,17-18H2,(H,28,32)(H,29,31). The molecule has 2 amide bonds. The maximum absolute atomic E-state index is 12.9. The zero-order valence-electron chi connectivity index (χ0n) is 18.3. The number of carbonyl (C=O) groups is 2. The molecule has 0 aliphatic carbocycles. The first-order valence-corrected chi connectivity index (χ1v) is 10.9. The summed E-state index contributed by atoms with van der Waals surface area (Å²) in [7, 11) is 0. The Labute approximate surface area is 193 Å². The smallest absolute Gasteiger partial charge is 0.407 e. The molecule has 170 valence electrons. The van der Waals surface area contributed by atoms with Gasteiger partial charge < -0.3 is 25.6 Å². The van der Waals surface area contributed by atoms with Gasteiger partial charge in [-0.15, -0.1) is 0 Å². The number of nitrogens with one attached hydrogen (secondary N) is 3. The summed E-state index contributed by atoms with van der Waals surface area (Å²) in [5, 5.41) is 9.02. The van der Waals surface area contributed by atoms with Crippen LogP contribution in [0.25, 0.3) is 0 Å². The summed E-state index contributed by atoms with van der Waals surface area (Å²) in [5.41, 5.74) is 4.01. The number of hydrogen-bond donors (Lipinski definition) is 3. The van der Waals surface area contributed by atoms with Crippen LogP contribution in [0.2, 0.25) is 0 Å². The van der Waals surface area contributed by atoms with Gasteiger partial charge in [-0.05, 0) is 35.9 Å². The van der Waals surface area contributed by atoms with E-state index in [1.54, 1.807) is 18.5 Å². The Kier molecular flexibility index (Phi) is 7.50. The lowest BCUT2D eigenvalue weighted by Gasteiger charge is -2.30. The van der Waals surface area contributed by atoms with Crippen molar-refractivity contribution in [1.29, 1.82) is 0 Å². The number of para-hydroxylation sites is 1. The number of benzene rings is 2. The average molecular weight is 446 g/mol. The largest absolute Gasteiger partial charge is 0.445 e. The minimum atomic E-state index is -0.499. The summed E-state index contributed by atoms with van der Waals surface area (Å²) < 4.78 is 5.18. The molecular weight excluding hydrogens is 418 g/mol. The van der Waals surface area contributed by atoms with Gasteiger partial charge in [0.15, 0.2) is 0 Å². The van der Waals surface area contributed by atoms with Gasteiger partial charge in [0, 0.05) is 62.1 Å². The SMILES string of the molecule is O=C(NCc1ccc(NC(=O)c2ccccc2N2CCNCC2)cc1)OCc1cccnc1. The molecule has 1 aromatic heterocycles. The second-order valence-electron chi connectivity index (χ2n) is 7.70. The van der Waals surface area contributed by atoms with E-state index in [1.165, 1.54) is 0 Å². The van der Waals surface area contributed by atoms with Crippen LogP contribution < -0.4 is 20.9 Å². The van der Waals surface area contributed by atoms with Gasteiger partial charge in [0.2, 0.25) is 0 Å². The number of anilines is 2. The van der Waals surface area contributed by atoms with E-state index in [4.69, 9.17) is 4.74 Å². The van der Waals surface area contributed by atoms with Gasteiger partial charge in [0.1, 0.15) is 6.61 Å². The maximum atomic E-state index is 12.9. The Morgan fingerprint density at radius 2 is 1.76 bits per heavy atom. The average Bonchev–Trinajstić information content (AvgIpc) is 2.88. The third-order valence-electron chi connectivity index (χ3n) is 5.35. The first-order chi connectivity index (χ1) is 16.2. The Hall–Kier alpha value is -3.91. The van der Waals surface area contributed by atoms with Crippen LogP contribution in [0.5, 0.6) is 0 Å².